The molecule has 0 aliphatic rings. The number of amides is 1. The van der Waals surface area contributed by atoms with Crippen molar-refractivity contribution in [1.82, 2.24) is 5.06 Å². The Morgan fingerprint density at radius 3 is 2.35 bits per heavy atom. The first-order valence-corrected chi connectivity index (χ1v) is 8.65. The molecule has 1 aromatic rings. The van der Waals surface area contributed by atoms with Gasteiger partial charge in [0.05, 0.1) is 7.11 Å². The Hall–Kier alpha value is -0.550. The van der Waals surface area contributed by atoms with Crippen molar-refractivity contribution >= 4 is 40.7 Å². The maximum absolute atomic E-state index is 11.1. The zero-order valence-electron chi connectivity index (χ0n) is 9.78. The Balaban J connectivity index is 2.88. The SMILES string of the molecule is COc1ccc(P(=S)(S)ON(C)C(C)=O)cc1. The maximum Gasteiger partial charge on any atom is 0.243 e. The molecule has 0 heterocycles. The van der Waals surface area contributed by atoms with E-state index >= 15 is 0 Å². The van der Waals surface area contributed by atoms with Gasteiger partial charge in [0.2, 0.25) is 5.91 Å². The average Bonchev–Trinajstić information content (AvgIpc) is 2.28. The fraction of sp³-hybridized carbons (Fsp3) is 0.300. The van der Waals surface area contributed by atoms with Gasteiger partial charge in [-0.15, -0.1) is 12.2 Å². The van der Waals surface area contributed by atoms with Gasteiger partial charge in [-0.05, 0) is 36.1 Å². The molecular weight excluding hydrogens is 277 g/mol. The summed E-state index contributed by atoms with van der Waals surface area (Å²) in [7, 11) is 3.11. The predicted octanol–water partition coefficient (Wildman–Crippen LogP) is 1.97. The maximum atomic E-state index is 11.1. The summed E-state index contributed by atoms with van der Waals surface area (Å²) < 4.78 is 10.4. The molecule has 0 spiro atoms. The van der Waals surface area contributed by atoms with Crippen LogP contribution in [-0.4, -0.2) is 25.1 Å². The number of hydroxylamine groups is 2. The molecule has 0 radical (unpaired) electrons. The van der Waals surface area contributed by atoms with Crippen molar-refractivity contribution in [2.45, 2.75) is 6.92 Å². The van der Waals surface area contributed by atoms with Crippen LogP contribution in [0, 0.1) is 0 Å². The highest BCUT2D eigenvalue weighted by molar-refractivity contribution is 8.64. The molecule has 7 heteroatoms. The summed E-state index contributed by atoms with van der Waals surface area (Å²) in [5.74, 6) is 0.513. The second-order valence-corrected chi connectivity index (χ2v) is 9.08. The number of hydrogen-bond donors (Lipinski definition) is 1. The smallest absolute Gasteiger partial charge is 0.243 e. The van der Waals surface area contributed by atoms with Crippen LogP contribution in [0.4, 0.5) is 0 Å². The van der Waals surface area contributed by atoms with Gasteiger partial charge >= 0.3 is 0 Å². The van der Waals surface area contributed by atoms with Gasteiger partial charge < -0.3 is 4.74 Å². The van der Waals surface area contributed by atoms with Gasteiger partial charge in [0.1, 0.15) is 5.75 Å². The van der Waals surface area contributed by atoms with Gasteiger partial charge in [0, 0.05) is 19.3 Å². The van der Waals surface area contributed by atoms with Gasteiger partial charge in [-0.25, -0.2) is 9.69 Å². The molecule has 0 saturated carbocycles. The molecule has 0 bridgehead atoms. The summed E-state index contributed by atoms with van der Waals surface area (Å²) in [5.41, 5.74) is -2.51. The summed E-state index contributed by atoms with van der Waals surface area (Å²) in [5, 5.41) is 1.88. The number of ether oxygens (including phenoxy) is 1. The quantitative estimate of drug-likeness (QED) is 0.523. The molecule has 0 aromatic heterocycles. The normalized spacial score (nSPS) is 13.9. The van der Waals surface area contributed by atoms with Crippen molar-refractivity contribution < 1.29 is 14.2 Å². The highest BCUT2D eigenvalue weighted by Crippen LogP contribution is 2.51. The lowest BCUT2D eigenvalue weighted by molar-refractivity contribution is -0.148. The number of carbonyl (C=O) groups excluding carboxylic acids is 1. The molecule has 1 atom stereocenters. The first kappa shape index (κ1) is 14.5. The molecule has 4 nitrogen and oxygen atoms in total. The van der Waals surface area contributed by atoms with Crippen LogP contribution in [0.2, 0.25) is 0 Å². The number of carbonyl (C=O) groups is 1. The summed E-state index contributed by atoms with van der Waals surface area (Å²) in [4.78, 5) is 11.1. The predicted molar refractivity (Wildman–Crippen MR) is 75.4 cm³/mol. The minimum atomic E-state index is -2.51. The molecule has 0 N–H and O–H groups in total. The molecule has 0 saturated heterocycles. The van der Waals surface area contributed by atoms with E-state index in [1.54, 1.807) is 31.4 Å². The van der Waals surface area contributed by atoms with Crippen LogP contribution in [0.5, 0.6) is 5.75 Å². The van der Waals surface area contributed by atoms with Crippen molar-refractivity contribution in [3.05, 3.63) is 24.3 Å². The first-order valence-electron chi connectivity index (χ1n) is 4.78. The second-order valence-electron chi connectivity index (χ2n) is 3.32. The molecule has 1 amide bonds. The molecule has 17 heavy (non-hydrogen) atoms. The molecule has 94 valence electrons. The van der Waals surface area contributed by atoms with Crippen LogP contribution in [0.1, 0.15) is 6.92 Å². The number of benzene rings is 1. The van der Waals surface area contributed by atoms with Crippen LogP contribution in [0.15, 0.2) is 24.3 Å². The highest BCUT2D eigenvalue weighted by atomic mass is 32.9. The topological polar surface area (TPSA) is 38.8 Å². The van der Waals surface area contributed by atoms with Crippen LogP contribution in [0.25, 0.3) is 0 Å². The average molecular weight is 291 g/mol. The number of rotatable bonds is 4. The van der Waals surface area contributed by atoms with Crippen LogP contribution >= 0.6 is 17.7 Å². The summed E-state index contributed by atoms with van der Waals surface area (Å²) in [6, 6.07) is 7.15. The fourth-order valence-electron chi connectivity index (χ4n) is 1.04. The number of hydrogen-bond acceptors (Lipinski definition) is 4. The summed E-state index contributed by atoms with van der Waals surface area (Å²) >= 11 is 9.65. The number of thiol groups is 1. The van der Waals surface area contributed by atoms with Crippen molar-refractivity contribution in [3.63, 3.8) is 0 Å². The first-order chi connectivity index (χ1) is 7.86. The van der Waals surface area contributed by atoms with Crippen LogP contribution in [-0.2, 0) is 21.2 Å². The lowest BCUT2D eigenvalue weighted by Crippen LogP contribution is -2.24. The fourth-order valence-corrected chi connectivity index (χ4v) is 3.50. The molecule has 0 aliphatic heterocycles. The van der Waals surface area contributed by atoms with Gasteiger partial charge in [0.15, 0.2) is 5.47 Å². The summed E-state index contributed by atoms with van der Waals surface area (Å²) in [6.45, 7) is 1.40. The second kappa shape index (κ2) is 5.87. The van der Waals surface area contributed by atoms with E-state index in [1.807, 2.05) is 0 Å². The van der Waals surface area contributed by atoms with E-state index in [0.717, 1.165) is 16.1 Å². The zero-order valence-corrected chi connectivity index (χ0v) is 12.4. The molecule has 1 unspecified atom stereocenters. The third-order valence-electron chi connectivity index (χ3n) is 2.08. The third kappa shape index (κ3) is 4.00. The minimum Gasteiger partial charge on any atom is -0.497 e. The van der Waals surface area contributed by atoms with E-state index in [0.29, 0.717) is 0 Å². The van der Waals surface area contributed by atoms with E-state index in [-0.39, 0.29) is 5.91 Å². The summed E-state index contributed by atoms with van der Waals surface area (Å²) in [6.07, 6.45) is 0. The Morgan fingerprint density at radius 2 is 1.94 bits per heavy atom. The monoisotopic (exact) mass is 291 g/mol. The van der Waals surface area contributed by atoms with Gasteiger partial charge in [-0.1, -0.05) is 0 Å². The molecule has 0 aliphatic carbocycles. The van der Waals surface area contributed by atoms with E-state index in [1.165, 1.54) is 14.0 Å². The van der Waals surface area contributed by atoms with E-state index in [9.17, 15) is 4.79 Å². The van der Waals surface area contributed by atoms with Crippen LogP contribution in [0.3, 0.4) is 0 Å². The Bertz CT molecular complexity index is 449. The standard InChI is InChI=1S/C10H14NO3PS2/c1-8(12)11(2)14-15(16,17)10-6-4-9(13-3)5-7-10/h4-7H,1-3H3,(H,16,17). The largest absolute Gasteiger partial charge is 0.497 e. The molecular formula is C10H14NO3PS2. The van der Waals surface area contributed by atoms with Gasteiger partial charge in [-0.3, -0.25) is 4.79 Å². The Labute approximate surface area is 111 Å². The molecule has 1 rings (SSSR count). The van der Waals surface area contributed by atoms with Gasteiger partial charge in [0.25, 0.3) is 0 Å². The molecule has 0 fully saturated rings. The highest BCUT2D eigenvalue weighted by Gasteiger charge is 2.20. The Morgan fingerprint density at radius 1 is 1.41 bits per heavy atom. The van der Waals surface area contributed by atoms with E-state index in [2.05, 4.69) is 12.2 Å². The van der Waals surface area contributed by atoms with Crippen molar-refractivity contribution in [2.24, 2.45) is 0 Å². The van der Waals surface area contributed by atoms with Gasteiger partial charge in [-0.2, -0.15) is 0 Å². The Kier molecular flexibility index (Phi) is 5.01. The van der Waals surface area contributed by atoms with E-state index in [4.69, 9.17) is 21.2 Å². The van der Waals surface area contributed by atoms with Crippen molar-refractivity contribution in [2.75, 3.05) is 14.2 Å². The van der Waals surface area contributed by atoms with Crippen LogP contribution < -0.4 is 10.0 Å². The lowest BCUT2D eigenvalue weighted by atomic mass is 10.3. The van der Waals surface area contributed by atoms with E-state index < -0.39 is 5.47 Å². The lowest BCUT2D eigenvalue weighted by Gasteiger charge is -2.22. The third-order valence-corrected chi connectivity index (χ3v) is 5.24. The zero-order chi connectivity index (χ0) is 13.1. The number of nitrogens with zero attached hydrogens (tertiary/aromatic N) is 1. The van der Waals surface area contributed by atoms with Crippen molar-refractivity contribution in [1.29, 1.82) is 0 Å². The molecule has 1 aromatic carbocycles. The van der Waals surface area contributed by atoms with Crippen molar-refractivity contribution in [3.8, 4) is 5.75 Å². The minimum absolute atomic E-state index is 0.221. The number of methoxy groups -OCH3 is 1.